The maximum atomic E-state index is 11.6. The minimum atomic E-state index is -0.0564. The number of hydrogen-bond acceptors (Lipinski definition) is 5. The first-order chi connectivity index (χ1) is 9.78. The fourth-order valence-corrected chi connectivity index (χ4v) is 2.12. The van der Waals surface area contributed by atoms with Crippen LogP contribution < -0.4 is 15.8 Å². The second kappa shape index (κ2) is 5.26. The fourth-order valence-electron chi connectivity index (χ4n) is 2.12. The van der Waals surface area contributed by atoms with Gasteiger partial charge in [0.05, 0.1) is 30.1 Å². The summed E-state index contributed by atoms with van der Waals surface area (Å²) in [7, 11) is 0. The zero-order valence-electron chi connectivity index (χ0n) is 10.8. The summed E-state index contributed by atoms with van der Waals surface area (Å²) in [6, 6.07) is 5.55. The quantitative estimate of drug-likeness (QED) is 0.859. The van der Waals surface area contributed by atoms with Crippen LogP contribution in [-0.2, 0) is 11.3 Å². The molecule has 0 atom stereocenters. The van der Waals surface area contributed by atoms with E-state index in [1.165, 1.54) is 0 Å². The number of anilines is 1. The Morgan fingerprint density at radius 2 is 2.15 bits per heavy atom. The van der Waals surface area contributed by atoms with E-state index < -0.39 is 0 Å². The van der Waals surface area contributed by atoms with Crippen molar-refractivity contribution < 1.29 is 9.53 Å². The van der Waals surface area contributed by atoms with Gasteiger partial charge in [-0.15, -0.1) is 0 Å². The van der Waals surface area contributed by atoms with Crippen molar-refractivity contribution in [2.75, 3.05) is 11.9 Å². The highest BCUT2D eigenvalue weighted by Crippen LogP contribution is 2.32. The zero-order valence-corrected chi connectivity index (χ0v) is 10.8. The Morgan fingerprint density at radius 1 is 1.30 bits per heavy atom. The van der Waals surface area contributed by atoms with E-state index in [2.05, 4.69) is 15.3 Å². The summed E-state index contributed by atoms with van der Waals surface area (Å²) in [5.41, 5.74) is 8.61. The van der Waals surface area contributed by atoms with Crippen LogP contribution in [0, 0.1) is 0 Å². The molecule has 0 radical (unpaired) electrons. The number of carbonyl (C=O) groups is 1. The first-order valence-corrected chi connectivity index (χ1v) is 6.35. The van der Waals surface area contributed by atoms with Crippen molar-refractivity contribution >= 4 is 11.6 Å². The van der Waals surface area contributed by atoms with Gasteiger partial charge in [0.2, 0.25) is 5.91 Å². The van der Waals surface area contributed by atoms with Gasteiger partial charge in [-0.1, -0.05) is 0 Å². The molecule has 0 unspecified atom stereocenters. The normalized spacial score (nSPS) is 13.9. The molecule has 1 amide bonds. The zero-order chi connectivity index (χ0) is 13.9. The Hall–Kier alpha value is -2.47. The maximum Gasteiger partial charge on any atom is 0.227 e. The molecular formula is C14H14N4O2. The molecule has 3 rings (SSSR count). The number of nitrogens with two attached hydrogens (primary N) is 1. The number of ether oxygens (including phenoxy) is 1. The minimum Gasteiger partial charge on any atom is -0.491 e. The van der Waals surface area contributed by atoms with Crippen LogP contribution in [0.4, 0.5) is 5.69 Å². The van der Waals surface area contributed by atoms with Crippen molar-refractivity contribution in [2.24, 2.45) is 5.73 Å². The van der Waals surface area contributed by atoms with Crippen molar-refractivity contribution in [3.05, 3.63) is 36.3 Å². The number of nitrogens with zero attached hydrogens (tertiary/aromatic N) is 2. The standard InChI is InChI=1S/C14H14N4O2/c15-8-11-14(17-5-4-16-11)9-1-2-12-10(7-9)18-13(19)3-6-20-12/h1-2,4-5,7H,3,6,8,15H2,(H,18,19). The Balaban J connectivity index is 2.05. The third-order valence-corrected chi connectivity index (χ3v) is 3.08. The van der Waals surface area contributed by atoms with E-state index in [0.717, 1.165) is 11.3 Å². The lowest BCUT2D eigenvalue weighted by atomic mass is 10.1. The highest BCUT2D eigenvalue weighted by atomic mass is 16.5. The number of rotatable bonds is 2. The van der Waals surface area contributed by atoms with Gasteiger partial charge in [-0.2, -0.15) is 0 Å². The Labute approximate surface area is 116 Å². The van der Waals surface area contributed by atoms with E-state index in [0.29, 0.717) is 36.7 Å². The molecule has 20 heavy (non-hydrogen) atoms. The molecule has 0 fully saturated rings. The van der Waals surface area contributed by atoms with Crippen molar-refractivity contribution in [1.82, 2.24) is 9.97 Å². The lowest BCUT2D eigenvalue weighted by Gasteiger charge is -2.10. The summed E-state index contributed by atoms with van der Waals surface area (Å²) in [6.45, 7) is 0.695. The van der Waals surface area contributed by atoms with Gasteiger partial charge in [-0.25, -0.2) is 0 Å². The average Bonchev–Trinajstić information content (AvgIpc) is 2.67. The van der Waals surface area contributed by atoms with Crippen LogP contribution >= 0.6 is 0 Å². The van der Waals surface area contributed by atoms with Gasteiger partial charge < -0.3 is 15.8 Å². The highest BCUT2D eigenvalue weighted by molar-refractivity contribution is 5.94. The second-order valence-electron chi connectivity index (χ2n) is 4.41. The van der Waals surface area contributed by atoms with Gasteiger partial charge in [-0.3, -0.25) is 14.8 Å². The molecule has 1 aliphatic rings. The molecule has 0 saturated heterocycles. The van der Waals surface area contributed by atoms with Crippen LogP contribution in [0.1, 0.15) is 12.1 Å². The van der Waals surface area contributed by atoms with Crippen LogP contribution in [0.25, 0.3) is 11.3 Å². The molecule has 6 heteroatoms. The number of fused-ring (bicyclic) bond motifs is 1. The summed E-state index contributed by atoms with van der Waals surface area (Å²) < 4.78 is 5.52. The SMILES string of the molecule is NCc1nccnc1-c1ccc2c(c1)NC(=O)CCO2. The molecule has 3 N–H and O–H groups in total. The van der Waals surface area contributed by atoms with Gasteiger partial charge in [0.1, 0.15) is 5.75 Å². The molecule has 2 aromatic rings. The van der Waals surface area contributed by atoms with Crippen LogP contribution in [-0.4, -0.2) is 22.5 Å². The van der Waals surface area contributed by atoms with Gasteiger partial charge in [0, 0.05) is 24.5 Å². The van der Waals surface area contributed by atoms with Gasteiger partial charge >= 0.3 is 0 Å². The van der Waals surface area contributed by atoms with E-state index in [-0.39, 0.29) is 5.91 Å². The molecule has 1 aromatic carbocycles. The van der Waals surface area contributed by atoms with Crippen LogP contribution in [0.2, 0.25) is 0 Å². The number of amides is 1. The summed E-state index contributed by atoms with van der Waals surface area (Å²) in [6.07, 6.45) is 3.58. The number of carbonyl (C=O) groups excluding carboxylic acids is 1. The first-order valence-electron chi connectivity index (χ1n) is 6.35. The fraction of sp³-hybridized carbons (Fsp3) is 0.214. The lowest BCUT2D eigenvalue weighted by molar-refractivity contribution is -0.116. The molecule has 0 spiro atoms. The van der Waals surface area contributed by atoms with Crippen LogP contribution in [0.5, 0.6) is 5.75 Å². The molecule has 6 nitrogen and oxygen atoms in total. The molecule has 0 saturated carbocycles. The van der Waals surface area contributed by atoms with Gasteiger partial charge in [0.25, 0.3) is 0 Å². The average molecular weight is 270 g/mol. The van der Waals surface area contributed by atoms with Crippen molar-refractivity contribution in [1.29, 1.82) is 0 Å². The van der Waals surface area contributed by atoms with Gasteiger partial charge in [-0.05, 0) is 18.2 Å². The summed E-state index contributed by atoms with van der Waals surface area (Å²) in [5, 5.41) is 2.83. The molecule has 1 aromatic heterocycles. The molecule has 2 heterocycles. The lowest BCUT2D eigenvalue weighted by Crippen LogP contribution is -2.10. The third-order valence-electron chi connectivity index (χ3n) is 3.08. The molecule has 0 bridgehead atoms. The Kier molecular flexibility index (Phi) is 3.30. The van der Waals surface area contributed by atoms with E-state index in [4.69, 9.17) is 10.5 Å². The van der Waals surface area contributed by atoms with Crippen molar-refractivity contribution in [3.8, 4) is 17.0 Å². The van der Waals surface area contributed by atoms with E-state index in [1.54, 1.807) is 12.4 Å². The molecule has 0 aliphatic carbocycles. The molecule has 1 aliphatic heterocycles. The first kappa shape index (κ1) is 12.6. The monoisotopic (exact) mass is 270 g/mol. The Bertz CT molecular complexity index is 657. The predicted octanol–water partition coefficient (Wildman–Crippen LogP) is 1.32. The van der Waals surface area contributed by atoms with Crippen molar-refractivity contribution in [3.63, 3.8) is 0 Å². The second-order valence-corrected chi connectivity index (χ2v) is 4.41. The topological polar surface area (TPSA) is 90.1 Å². The smallest absolute Gasteiger partial charge is 0.227 e. The largest absolute Gasteiger partial charge is 0.491 e. The van der Waals surface area contributed by atoms with E-state index in [9.17, 15) is 4.79 Å². The third kappa shape index (κ3) is 2.33. The summed E-state index contributed by atoms with van der Waals surface area (Å²) >= 11 is 0. The number of aromatic nitrogens is 2. The molecular weight excluding hydrogens is 256 g/mol. The summed E-state index contributed by atoms with van der Waals surface area (Å²) in [4.78, 5) is 20.1. The maximum absolute atomic E-state index is 11.6. The van der Waals surface area contributed by atoms with Crippen LogP contribution in [0.15, 0.2) is 30.6 Å². The molecule has 102 valence electrons. The van der Waals surface area contributed by atoms with Gasteiger partial charge in [0.15, 0.2) is 0 Å². The highest BCUT2D eigenvalue weighted by Gasteiger charge is 2.15. The Morgan fingerprint density at radius 3 is 3.00 bits per heavy atom. The number of nitrogens with one attached hydrogen (secondary N) is 1. The number of hydrogen-bond donors (Lipinski definition) is 2. The number of benzene rings is 1. The minimum absolute atomic E-state index is 0.0564. The predicted molar refractivity (Wildman–Crippen MR) is 74.1 cm³/mol. The van der Waals surface area contributed by atoms with E-state index in [1.807, 2.05) is 18.2 Å². The van der Waals surface area contributed by atoms with E-state index >= 15 is 0 Å². The van der Waals surface area contributed by atoms with Crippen LogP contribution in [0.3, 0.4) is 0 Å². The summed E-state index contributed by atoms with van der Waals surface area (Å²) in [5.74, 6) is 0.608. The van der Waals surface area contributed by atoms with Crippen molar-refractivity contribution in [2.45, 2.75) is 13.0 Å².